The first kappa shape index (κ1) is 18.6. The molecule has 6 heteroatoms. The Morgan fingerprint density at radius 1 is 1.21 bits per heavy atom. The number of nitrogens with zero attached hydrogens (tertiary/aromatic N) is 2. The number of benzene rings is 1. The normalized spacial score (nSPS) is 21.6. The van der Waals surface area contributed by atoms with Crippen LogP contribution in [0.15, 0.2) is 29.1 Å². The largest absolute Gasteiger partial charge is 0.377 e. The molecule has 1 aromatic carbocycles. The van der Waals surface area contributed by atoms with Crippen LogP contribution in [0, 0.1) is 0 Å². The van der Waals surface area contributed by atoms with Crippen LogP contribution in [0.4, 0.5) is 0 Å². The lowest BCUT2D eigenvalue weighted by molar-refractivity contribution is 0.113. The minimum atomic E-state index is 0.0493. The summed E-state index contributed by atoms with van der Waals surface area (Å²) < 4.78 is 7.43. The maximum absolute atomic E-state index is 12.5. The van der Waals surface area contributed by atoms with Crippen LogP contribution in [0.25, 0.3) is 22.3 Å². The highest BCUT2D eigenvalue weighted by Crippen LogP contribution is 2.33. The van der Waals surface area contributed by atoms with E-state index < -0.39 is 0 Å². The molecule has 3 aromatic rings. The van der Waals surface area contributed by atoms with Crippen molar-refractivity contribution in [2.45, 2.75) is 57.7 Å². The van der Waals surface area contributed by atoms with Gasteiger partial charge in [-0.25, -0.2) is 0 Å². The Morgan fingerprint density at radius 2 is 1.97 bits per heavy atom. The van der Waals surface area contributed by atoms with Crippen molar-refractivity contribution in [2.75, 3.05) is 6.61 Å². The molecule has 1 saturated heterocycles. The number of hydrogen-bond donors (Lipinski definition) is 2. The van der Waals surface area contributed by atoms with Gasteiger partial charge in [-0.15, -0.1) is 0 Å². The van der Waals surface area contributed by atoms with E-state index in [-0.39, 0.29) is 11.7 Å². The molecular weight excluding hydrogens is 364 g/mol. The molecule has 2 N–H and O–H groups in total. The molecule has 3 heterocycles. The SMILES string of the molecule is CC1OCCC1NCc1ccc(-c2nn(C)c3[nH]c(=O)c4c(c23)CCCC4)cc1. The van der Waals surface area contributed by atoms with E-state index in [2.05, 4.69) is 41.5 Å². The van der Waals surface area contributed by atoms with E-state index in [9.17, 15) is 4.79 Å². The number of H-pyrrole nitrogens is 1. The maximum Gasteiger partial charge on any atom is 0.253 e. The van der Waals surface area contributed by atoms with Crippen LogP contribution < -0.4 is 10.9 Å². The van der Waals surface area contributed by atoms with Crippen molar-refractivity contribution in [1.82, 2.24) is 20.1 Å². The Kier molecular flexibility index (Phi) is 4.76. The van der Waals surface area contributed by atoms with E-state index in [1.54, 1.807) is 4.68 Å². The van der Waals surface area contributed by atoms with Crippen molar-refractivity contribution >= 4 is 11.0 Å². The van der Waals surface area contributed by atoms with Crippen molar-refractivity contribution in [2.24, 2.45) is 7.05 Å². The molecule has 0 radical (unpaired) electrons. The molecule has 0 saturated carbocycles. The molecule has 5 rings (SSSR count). The summed E-state index contributed by atoms with van der Waals surface area (Å²) in [6.07, 6.45) is 5.39. The van der Waals surface area contributed by atoms with Gasteiger partial charge in [0.2, 0.25) is 0 Å². The van der Waals surface area contributed by atoms with Gasteiger partial charge >= 0.3 is 0 Å². The van der Waals surface area contributed by atoms with Crippen LogP contribution >= 0.6 is 0 Å². The summed E-state index contributed by atoms with van der Waals surface area (Å²) in [4.78, 5) is 15.6. The van der Waals surface area contributed by atoms with Gasteiger partial charge in [0.15, 0.2) is 0 Å². The highest BCUT2D eigenvalue weighted by Gasteiger charge is 2.24. The number of ether oxygens (including phenoxy) is 1. The number of rotatable bonds is 4. The van der Waals surface area contributed by atoms with Crippen LogP contribution in [0.5, 0.6) is 0 Å². The predicted octanol–water partition coefficient (Wildman–Crippen LogP) is 3.07. The molecule has 2 atom stereocenters. The minimum Gasteiger partial charge on any atom is -0.377 e. The van der Waals surface area contributed by atoms with E-state index >= 15 is 0 Å². The van der Waals surface area contributed by atoms with Crippen molar-refractivity contribution < 1.29 is 4.74 Å². The zero-order valence-corrected chi connectivity index (χ0v) is 17.1. The van der Waals surface area contributed by atoms with Crippen LogP contribution in [0.3, 0.4) is 0 Å². The minimum absolute atomic E-state index is 0.0493. The Labute approximate surface area is 170 Å². The molecule has 1 aliphatic carbocycles. The second-order valence-electron chi connectivity index (χ2n) is 8.36. The number of aromatic amines is 1. The van der Waals surface area contributed by atoms with Gasteiger partial charge in [0.1, 0.15) is 11.3 Å². The van der Waals surface area contributed by atoms with Gasteiger partial charge in [0.25, 0.3) is 5.56 Å². The van der Waals surface area contributed by atoms with Crippen molar-refractivity contribution in [3.63, 3.8) is 0 Å². The molecular formula is C23H28N4O2. The summed E-state index contributed by atoms with van der Waals surface area (Å²) in [5, 5.41) is 9.49. The third kappa shape index (κ3) is 3.30. The number of pyridine rings is 1. The molecule has 2 unspecified atom stereocenters. The molecule has 1 aliphatic heterocycles. The molecule has 1 fully saturated rings. The second-order valence-corrected chi connectivity index (χ2v) is 8.36. The van der Waals surface area contributed by atoms with E-state index in [4.69, 9.17) is 9.84 Å². The molecule has 2 aliphatic rings. The molecule has 29 heavy (non-hydrogen) atoms. The summed E-state index contributed by atoms with van der Waals surface area (Å²) in [5.74, 6) is 0. The highest BCUT2D eigenvalue weighted by atomic mass is 16.5. The average molecular weight is 393 g/mol. The summed E-state index contributed by atoms with van der Waals surface area (Å²) in [6.45, 7) is 3.81. The summed E-state index contributed by atoms with van der Waals surface area (Å²) in [5.41, 5.74) is 6.33. The van der Waals surface area contributed by atoms with Gasteiger partial charge in [0.05, 0.1) is 6.10 Å². The fourth-order valence-corrected chi connectivity index (χ4v) is 4.80. The number of nitrogens with one attached hydrogen (secondary N) is 2. The van der Waals surface area contributed by atoms with Gasteiger partial charge in [-0.05, 0) is 50.2 Å². The summed E-state index contributed by atoms with van der Waals surface area (Å²) in [6, 6.07) is 9.06. The summed E-state index contributed by atoms with van der Waals surface area (Å²) in [7, 11) is 1.90. The van der Waals surface area contributed by atoms with Crippen LogP contribution in [0.1, 0.15) is 42.9 Å². The predicted molar refractivity (Wildman–Crippen MR) is 114 cm³/mol. The second kappa shape index (κ2) is 7.43. The third-order valence-corrected chi connectivity index (χ3v) is 6.49. The van der Waals surface area contributed by atoms with Crippen LogP contribution in [0.2, 0.25) is 0 Å². The van der Waals surface area contributed by atoms with Gasteiger partial charge in [-0.3, -0.25) is 9.48 Å². The van der Waals surface area contributed by atoms with E-state index in [1.807, 2.05) is 7.05 Å². The Hall–Kier alpha value is -2.44. The van der Waals surface area contributed by atoms with Crippen LogP contribution in [-0.2, 0) is 31.2 Å². The van der Waals surface area contributed by atoms with E-state index in [1.165, 1.54) is 11.1 Å². The lowest BCUT2D eigenvalue weighted by Crippen LogP contribution is -2.34. The quantitative estimate of drug-likeness (QED) is 0.716. The first-order valence-electron chi connectivity index (χ1n) is 10.7. The van der Waals surface area contributed by atoms with Crippen LogP contribution in [-0.4, -0.2) is 33.5 Å². The van der Waals surface area contributed by atoms with Gasteiger partial charge in [0, 0.05) is 42.8 Å². The molecule has 6 nitrogen and oxygen atoms in total. The van der Waals surface area contributed by atoms with Gasteiger partial charge < -0.3 is 15.0 Å². The van der Waals surface area contributed by atoms with E-state index in [0.717, 1.165) is 73.1 Å². The lowest BCUT2D eigenvalue weighted by atomic mass is 9.89. The average Bonchev–Trinajstić information content (AvgIpc) is 3.30. The smallest absolute Gasteiger partial charge is 0.253 e. The molecule has 0 bridgehead atoms. The molecule has 152 valence electrons. The Bertz CT molecular complexity index is 1100. The molecule has 0 amide bonds. The zero-order chi connectivity index (χ0) is 20.0. The first-order chi connectivity index (χ1) is 14.1. The zero-order valence-electron chi connectivity index (χ0n) is 17.1. The number of hydrogen-bond acceptors (Lipinski definition) is 4. The Morgan fingerprint density at radius 3 is 2.69 bits per heavy atom. The number of aryl methyl sites for hydroxylation is 2. The third-order valence-electron chi connectivity index (χ3n) is 6.49. The summed E-state index contributed by atoms with van der Waals surface area (Å²) >= 11 is 0. The lowest BCUT2D eigenvalue weighted by Gasteiger charge is -2.16. The first-order valence-corrected chi connectivity index (χ1v) is 10.7. The maximum atomic E-state index is 12.5. The number of fused-ring (bicyclic) bond motifs is 3. The fraction of sp³-hybridized carbons (Fsp3) is 0.478. The topological polar surface area (TPSA) is 71.9 Å². The van der Waals surface area contributed by atoms with Gasteiger partial charge in [-0.2, -0.15) is 5.10 Å². The fourth-order valence-electron chi connectivity index (χ4n) is 4.80. The standard InChI is InChI=1S/C23H28N4O2/c1-14-19(11-12-29-14)24-13-15-7-9-16(10-8-15)21-20-17-5-3-4-6-18(17)23(28)25-22(20)27(2)26-21/h7-10,14,19,24H,3-6,11-13H2,1-2H3,(H,25,28). The van der Waals surface area contributed by atoms with Crippen molar-refractivity contribution in [1.29, 1.82) is 0 Å². The van der Waals surface area contributed by atoms with Gasteiger partial charge in [-0.1, -0.05) is 24.3 Å². The highest BCUT2D eigenvalue weighted by molar-refractivity contribution is 5.94. The molecule has 0 spiro atoms. The van der Waals surface area contributed by atoms with Crippen molar-refractivity contribution in [3.05, 3.63) is 51.3 Å². The molecule has 2 aromatic heterocycles. The van der Waals surface area contributed by atoms with Crippen molar-refractivity contribution in [3.8, 4) is 11.3 Å². The monoisotopic (exact) mass is 392 g/mol. The Balaban J connectivity index is 1.47. The number of aromatic nitrogens is 3. The van der Waals surface area contributed by atoms with E-state index in [0.29, 0.717) is 6.04 Å².